The molecule has 6 rings (SSSR count). The number of likely N-dealkylation sites (N-methyl/N-ethyl adjacent to an activating group) is 1. The van der Waals surface area contributed by atoms with Crippen LogP contribution in [0.15, 0.2) is 94.6 Å². The summed E-state index contributed by atoms with van der Waals surface area (Å²) in [4.78, 5) is 46.8. The lowest BCUT2D eigenvalue weighted by Gasteiger charge is -2.42. The number of rotatable bonds is 9. The lowest BCUT2D eigenvalue weighted by atomic mass is 9.79. The number of aryl methyl sites for hydroxylation is 1. The van der Waals surface area contributed by atoms with Gasteiger partial charge in [0.1, 0.15) is 23.2 Å². The van der Waals surface area contributed by atoms with E-state index >= 15 is 0 Å². The predicted molar refractivity (Wildman–Crippen MR) is 161 cm³/mol. The Hall–Kier alpha value is -4.75. The van der Waals surface area contributed by atoms with Gasteiger partial charge in [-0.3, -0.25) is 24.0 Å². The number of aliphatic hydroxyl groups is 1. The molecule has 12 nitrogen and oxygen atoms in total. The van der Waals surface area contributed by atoms with Gasteiger partial charge in [0, 0.05) is 18.8 Å². The van der Waals surface area contributed by atoms with Crippen LogP contribution in [0.3, 0.4) is 0 Å². The number of ether oxygens (including phenoxy) is 4. The highest BCUT2D eigenvalue weighted by atomic mass is 16.7. The summed E-state index contributed by atoms with van der Waals surface area (Å²) in [5.74, 6) is 0.573. The maximum absolute atomic E-state index is 13.8. The minimum absolute atomic E-state index is 0.237. The Morgan fingerprint density at radius 3 is 2.00 bits per heavy atom. The molecule has 2 aliphatic heterocycles. The first-order chi connectivity index (χ1) is 21.6. The minimum Gasteiger partial charge on any atom is -0.497 e. The number of benzene rings is 3. The maximum atomic E-state index is 13.8. The van der Waals surface area contributed by atoms with E-state index in [1.807, 2.05) is 78.9 Å². The van der Waals surface area contributed by atoms with E-state index in [4.69, 9.17) is 23.8 Å². The van der Waals surface area contributed by atoms with E-state index in [1.165, 1.54) is 20.2 Å². The fourth-order valence-electron chi connectivity index (χ4n) is 6.02. The van der Waals surface area contributed by atoms with Crippen molar-refractivity contribution in [2.24, 2.45) is 0 Å². The molecule has 2 fully saturated rings. The smallest absolute Gasteiger partial charge is 0.330 e. The van der Waals surface area contributed by atoms with E-state index < -0.39 is 53.4 Å². The van der Waals surface area contributed by atoms with Crippen LogP contribution in [0.1, 0.15) is 28.5 Å². The standard InChI is InChI=1S/C33H33N3O9/c1-20-18-36(31(40)34-28(20)38)29-26-27(37)32(44-29,30(39)35(2)45-26)19-43-33(21-8-6-5-7-9-21,22-10-14-24(41-3)15-11-22)23-12-16-25(42-4)17-13-23/h5-18,26-27,29,37H,19H2,1-4H3,(H,34,38,40)/t26?,27?,29-,32-/m1/s1. The minimum atomic E-state index is -1.98. The molecule has 45 heavy (non-hydrogen) atoms. The van der Waals surface area contributed by atoms with Gasteiger partial charge in [-0.05, 0) is 47.9 Å². The van der Waals surface area contributed by atoms with Gasteiger partial charge in [0.05, 0.1) is 20.8 Å². The normalized spacial score (nSPS) is 22.8. The van der Waals surface area contributed by atoms with Crippen LogP contribution in [0, 0.1) is 6.92 Å². The maximum Gasteiger partial charge on any atom is 0.330 e. The topological polar surface area (TPSA) is 142 Å². The molecule has 4 aromatic rings. The van der Waals surface area contributed by atoms with Crippen LogP contribution in [0.5, 0.6) is 11.5 Å². The molecule has 234 valence electrons. The number of carbonyl (C=O) groups excluding carboxylic acids is 1. The SMILES string of the molecule is COc1ccc(C(OC[C@]23O[C@@H](n4cc(C)c(=O)[nH]c4=O)C(ON(C)C2=O)C3O)(c2ccccc2)c2ccc(OC)cc2)cc1. The van der Waals surface area contributed by atoms with Crippen LogP contribution in [-0.4, -0.2) is 71.3 Å². The van der Waals surface area contributed by atoms with Crippen molar-refractivity contribution >= 4 is 5.91 Å². The molecule has 2 bridgehead atoms. The third kappa shape index (κ3) is 4.92. The van der Waals surface area contributed by atoms with Crippen molar-refractivity contribution in [3.05, 3.63) is 128 Å². The molecule has 2 N–H and O–H groups in total. The fraction of sp³-hybridized carbons (Fsp3) is 0.303. The molecule has 0 saturated carbocycles. The number of hydrogen-bond donors (Lipinski definition) is 2. The molecule has 0 spiro atoms. The van der Waals surface area contributed by atoms with Gasteiger partial charge < -0.3 is 24.1 Å². The Morgan fingerprint density at radius 2 is 1.44 bits per heavy atom. The number of aliphatic hydroxyl groups excluding tert-OH is 1. The summed E-state index contributed by atoms with van der Waals surface area (Å²) in [5.41, 5.74) is -2.26. The number of amides is 1. The van der Waals surface area contributed by atoms with Gasteiger partial charge in [0.25, 0.3) is 11.5 Å². The van der Waals surface area contributed by atoms with Gasteiger partial charge in [-0.2, -0.15) is 0 Å². The summed E-state index contributed by atoms with van der Waals surface area (Å²) >= 11 is 0. The highest BCUT2D eigenvalue weighted by Crippen LogP contribution is 2.47. The molecule has 3 heterocycles. The molecule has 12 heteroatoms. The zero-order chi connectivity index (χ0) is 31.9. The third-order valence-corrected chi connectivity index (χ3v) is 8.43. The zero-order valence-electron chi connectivity index (χ0n) is 25.1. The van der Waals surface area contributed by atoms with Crippen LogP contribution >= 0.6 is 0 Å². The molecular weight excluding hydrogens is 582 g/mol. The second-order valence-electron chi connectivity index (χ2n) is 11.0. The lowest BCUT2D eigenvalue weighted by molar-refractivity contribution is -0.249. The summed E-state index contributed by atoms with van der Waals surface area (Å²) < 4.78 is 25.2. The Balaban J connectivity index is 1.50. The summed E-state index contributed by atoms with van der Waals surface area (Å²) in [6.45, 7) is 1.08. The van der Waals surface area contributed by atoms with Crippen LogP contribution < -0.4 is 20.7 Å². The summed E-state index contributed by atoms with van der Waals surface area (Å²) in [6, 6.07) is 24.2. The number of carbonyl (C=O) groups is 1. The van der Waals surface area contributed by atoms with Gasteiger partial charge >= 0.3 is 5.69 Å². The van der Waals surface area contributed by atoms with E-state index in [-0.39, 0.29) is 5.56 Å². The van der Waals surface area contributed by atoms with Crippen molar-refractivity contribution in [1.29, 1.82) is 0 Å². The summed E-state index contributed by atoms with van der Waals surface area (Å²) in [6.07, 6.45) is -2.66. The Kier molecular flexibility index (Phi) is 7.83. The number of hydrogen-bond acceptors (Lipinski definition) is 9. The Morgan fingerprint density at radius 1 is 0.889 bits per heavy atom. The fourth-order valence-corrected chi connectivity index (χ4v) is 6.02. The molecule has 2 aliphatic rings. The number of methoxy groups -OCH3 is 2. The van der Waals surface area contributed by atoms with E-state index in [9.17, 15) is 19.5 Å². The first-order valence-electron chi connectivity index (χ1n) is 14.3. The van der Waals surface area contributed by atoms with Crippen molar-refractivity contribution < 1.29 is 33.7 Å². The Bertz CT molecular complexity index is 1760. The van der Waals surface area contributed by atoms with E-state index in [0.717, 1.165) is 15.2 Å². The molecule has 2 saturated heterocycles. The van der Waals surface area contributed by atoms with Crippen molar-refractivity contribution in [2.45, 2.75) is 36.6 Å². The van der Waals surface area contributed by atoms with Gasteiger partial charge in [0.15, 0.2) is 12.3 Å². The Labute approximate surface area is 258 Å². The number of fused-ring (bicyclic) bond motifs is 2. The number of aromatic nitrogens is 2. The van der Waals surface area contributed by atoms with Crippen LogP contribution in [0.2, 0.25) is 0 Å². The van der Waals surface area contributed by atoms with Crippen molar-refractivity contribution in [2.75, 3.05) is 27.9 Å². The van der Waals surface area contributed by atoms with Crippen LogP contribution in [0.4, 0.5) is 0 Å². The van der Waals surface area contributed by atoms with Crippen molar-refractivity contribution in [1.82, 2.24) is 14.6 Å². The summed E-state index contributed by atoms with van der Waals surface area (Å²) in [7, 11) is 4.55. The zero-order valence-corrected chi connectivity index (χ0v) is 25.1. The second kappa shape index (κ2) is 11.6. The van der Waals surface area contributed by atoms with Crippen molar-refractivity contribution in [3.8, 4) is 11.5 Å². The van der Waals surface area contributed by atoms with Crippen molar-refractivity contribution in [3.63, 3.8) is 0 Å². The average Bonchev–Trinajstić information content (AvgIpc) is 3.28. The first kappa shape index (κ1) is 30.3. The molecule has 0 aliphatic carbocycles. The molecule has 4 atom stereocenters. The molecule has 2 unspecified atom stereocenters. The number of nitrogens with zero attached hydrogens (tertiary/aromatic N) is 2. The molecular formula is C33H33N3O9. The van der Waals surface area contributed by atoms with Gasteiger partial charge in [-0.15, -0.1) is 0 Å². The van der Waals surface area contributed by atoms with E-state index in [0.29, 0.717) is 22.6 Å². The second-order valence-corrected chi connectivity index (χ2v) is 11.0. The molecule has 1 amide bonds. The highest BCUT2D eigenvalue weighted by Gasteiger charge is 2.66. The van der Waals surface area contributed by atoms with Gasteiger partial charge in [-0.25, -0.2) is 9.86 Å². The van der Waals surface area contributed by atoms with Gasteiger partial charge in [-0.1, -0.05) is 54.6 Å². The largest absolute Gasteiger partial charge is 0.497 e. The average molecular weight is 616 g/mol. The molecule has 0 radical (unpaired) electrons. The number of hydroxylamine groups is 2. The quantitative estimate of drug-likeness (QED) is 0.271. The summed E-state index contributed by atoms with van der Waals surface area (Å²) in [5, 5.41) is 12.6. The van der Waals surface area contributed by atoms with E-state index in [2.05, 4.69) is 4.98 Å². The van der Waals surface area contributed by atoms with Gasteiger partial charge in [0.2, 0.25) is 5.60 Å². The predicted octanol–water partition coefficient (Wildman–Crippen LogP) is 2.27. The number of H-pyrrole nitrogens is 1. The number of aromatic amines is 1. The lowest BCUT2D eigenvalue weighted by Crippen LogP contribution is -2.63. The van der Waals surface area contributed by atoms with E-state index in [1.54, 1.807) is 14.2 Å². The van der Waals surface area contributed by atoms with Crippen LogP contribution in [-0.2, 0) is 24.7 Å². The molecule has 1 aromatic heterocycles. The third-order valence-electron chi connectivity index (χ3n) is 8.43. The molecule has 3 aromatic carbocycles. The monoisotopic (exact) mass is 615 g/mol. The number of nitrogens with one attached hydrogen (secondary N) is 1. The highest BCUT2D eigenvalue weighted by molar-refractivity contribution is 5.86. The van der Waals surface area contributed by atoms with Crippen LogP contribution in [0.25, 0.3) is 0 Å². The first-order valence-corrected chi connectivity index (χ1v) is 14.3.